The number of amides is 1. The zero-order valence-corrected chi connectivity index (χ0v) is 17.9. The molecule has 0 aliphatic heterocycles. The second-order valence-corrected chi connectivity index (χ2v) is 7.77. The summed E-state index contributed by atoms with van der Waals surface area (Å²) in [4.78, 5) is 34.0. The Balaban J connectivity index is 1.64. The molecular formula is C23H18N4O4S. The zero-order valence-electron chi connectivity index (χ0n) is 17.0. The van der Waals surface area contributed by atoms with E-state index in [2.05, 4.69) is 9.97 Å². The molecule has 0 aliphatic rings. The van der Waals surface area contributed by atoms with Crippen LogP contribution < -0.4 is 9.64 Å². The Labute approximate surface area is 187 Å². The van der Waals surface area contributed by atoms with Gasteiger partial charge in [0.15, 0.2) is 5.13 Å². The van der Waals surface area contributed by atoms with E-state index in [1.165, 1.54) is 29.5 Å². The van der Waals surface area contributed by atoms with Gasteiger partial charge in [0.2, 0.25) is 0 Å². The van der Waals surface area contributed by atoms with Gasteiger partial charge in [-0.05, 0) is 48.0 Å². The van der Waals surface area contributed by atoms with Crippen molar-refractivity contribution in [3.05, 3.63) is 94.3 Å². The Hall–Kier alpha value is -4.11. The highest BCUT2D eigenvalue weighted by Crippen LogP contribution is 2.32. The molecule has 0 aliphatic carbocycles. The Morgan fingerprint density at radius 1 is 1.19 bits per heavy atom. The van der Waals surface area contributed by atoms with Crippen molar-refractivity contribution in [1.29, 1.82) is 0 Å². The Morgan fingerprint density at radius 3 is 2.69 bits per heavy atom. The molecule has 8 nitrogen and oxygen atoms in total. The number of nitro benzene ring substituents is 1. The van der Waals surface area contributed by atoms with Gasteiger partial charge in [-0.1, -0.05) is 17.4 Å². The molecule has 160 valence electrons. The highest BCUT2D eigenvalue weighted by atomic mass is 32.1. The van der Waals surface area contributed by atoms with E-state index >= 15 is 0 Å². The van der Waals surface area contributed by atoms with Gasteiger partial charge in [-0.15, -0.1) is 0 Å². The molecule has 9 heteroatoms. The van der Waals surface area contributed by atoms with Gasteiger partial charge in [-0.2, -0.15) is 0 Å². The standard InChI is InChI=1S/C23H18N4O4S/c1-31-19-10-11-21-20(14-19)25-23(32-21)26(15-17-4-2-3-13-24-17)22(28)12-7-16-5-8-18(9-6-16)27(29)30/h2-14H,15H2,1H3/b12-7+. The average molecular weight is 446 g/mol. The van der Waals surface area contributed by atoms with E-state index in [0.29, 0.717) is 16.4 Å². The summed E-state index contributed by atoms with van der Waals surface area (Å²) < 4.78 is 6.20. The van der Waals surface area contributed by atoms with Crippen LogP contribution in [0.5, 0.6) is 5.75 Å². The highest BCUT2D eigenvalue weighted by Gasteiger charge is 2.19. The number of rotatable bonds is 7. The van der Waals surface area contributed by atoms with E-state index in [-0.39, 0.29) is 18.1 Å². The number of non-ortho nitro benzene ring substituents is 1. The van der Waals surface area contributed by atoms with Crippen molar-refractivity contribution in [3.8, 4) is 5.75 Å². The number of ether oxygens (including phenoxy) is 1. The van der Waals surface area contributed by atoms with Crippen molar-refractivity contribution in [2.75, 3.05) is 12.0 Å². The van der Waals surface area contributed by atoms with Gasteiger partial charge in [0.25, 0.3) is 11.6 Å². The lowest BCUT2D eigenvalue weighted by Gasteiger charge is -2.17. The molecule has 0 radical (unpaired) electrons. The lowest BCUT2D eigenvalue weighted by Crippen LogP contribution is -2.29. The predicted octanol–water partition coefficient (Wildman–Crippen LogP) is 4.85. The number of nitrogens with zero attached hydrogens (tertiary/aromatic N) is 4. The van der Waals surface area contributed by atoms with Crippen LogP contribution in [0.25, 0.3) is 16.3 Å². The molecule has 1 amide bonds. The number of hydrogen-bond acceptors (Lipinski definition) is 7. The van der Waals surface area contributed by atoms with Gasteiger partial charge >= 0.3 is 0 Å². The van der Waals surface area contributed by atoms with Crippen molar-refractivity contribution in [2.24, 2.45) is 0 Å². The van der Waals surface area contributed by atoms with Gasteiger partial charge in [0.1, 0.15) is 5.75 Å². The fourth-order valence-electron chi connectivity index (χ4n) is 3.00. The fourth-order valence-corrected chi connectivity index (χ4v) is 3.95. The first-order valence-electron chi connectivity index (χ1n) is 9.62. The number of fused-ring (bicyclic) bond motifs is 1. The third kappa shape index (κ3) is 4.79. The van der Waals surface area contributed by atoms with E-state index in [9.17, 15) is 14.9 Å². The molecular weight excluding hydrogens is 428 g/mol. The van der Waals surface area contributed by atoms with Crippen LogP contribution in [0.15, 0.2) is 72.9 Å². The first kappa shape index (κ1) is 21.1. The molecule has 0 N–H and O–H groups in total. The van der Waals surface area contributed by atoms with Crippen LogP contribution >= 0.6 is 11.3 Å². The molecule has 2 aromatic carbocycles. The van der Waals surface area contributed by atoms with Gasteiger partial charge < -0.3 is 4.74 Å². The zero-order chi connectivity index (χ0) is 22.5. The molecule has 2 heterocycles. The predicted molar refractivity (Wildman–Crippen MR) is 124 cm³/mol. The number of methoxy groups -OCH3 is 1. The molecule has 0 atom stereocenters. The number of aromatic nitrogens is 2. The number of carbonyl (C=O) groups excluding carboxylic acids is 1. The Morgan fingerprint density at radius 2 is 2.00 bits per heavy atom. The summed E-state index contributed by atoms with van der Waals surface area (Å²) in [5.74, 6) is 0.412. The monoisotopic (exact) mass is 446 g/mol. The average Bonchev–Trinajstić information content (AvgIpc) is 3.24. The number of hydrogen-bond donors (Lipinski definition) is 0. The summed E-state index contributed by atoms with van der Waals surface area (Å²) in [6, 6.07) is 17.1. The van der Waals surface area contributed by atoms with Crippen LogP contribution in [0.1, 0.15) is 11.3 Å². The quantitative estimate of drug-likeness (QED) is 0.229. The number of thiazole rings is 1. The third-order valence-corrected chi connectivity index (χ3v) is 5.71. The summed E-state index contributed by atoms with van der Waals surface area (Å²) in [6.45, 7) is 0.251. The van der Waals surface area contributed by atoms with Crippen LogP contribution in [-0.2, 0) is 11.3 Å². The fraction of sp³-hybridized carbons (Fsp3) is 0.0870. The largest absolute Gasteiger partial charge is 0.497 e. The smallest absolute Gasteiger partial charge is 0.269 e. The summed E-state index contributed by atoms with van der Waals surface area (Å²) in [5.41, 5.74) is 2.13. The SMILES string of the molecule is COc1ccc2sc(N(Cc3ccccn3)C(=O)/C=C/c3ccc([N+](=O)[O-])cc3)nc2c1. The molecule has 0 bridgehead atoms. The van der Waals surface area contributed by atoms with Crippen molar-refractivity contribution >= 4 is 44.4 Å². The molecule has 32 heavy (non-hydrogen) atoms. The molecule has 4 aromatic rings. The molecule has 4 rings (SSSR count). The molecule has 0 spiro atoms. The second-order valence-electron chi connectivity index (χ2n) is 6.76. The van der Waals surface area contributed by atoms with Crippen LogP contribution in [0.4, 0.5) is 10.8 Å². The maximum Gasteiger partial charge on any atom is 0.269 e. The van der Waals surface area contributed by atoms with Gasteiger partial charge in [0, 0.05) is 30.5 Å². The minimum atomic E-state index is -0.463. The minimum Gasteiger partial charge on any atom is -0.497 e. The number of pyridine rings is 1. The molecule has 0 saturated heterocycles. The second kappa shape index (κ2) is 9.36. The molecule has 0 fully saturated rings. The normalized spacial score (nSPS) is 11.0. The van der Waals surface area contributed by atoms with Gasteiger partial charge in [-0.3, -0.25) is 24.8 Å². The van der Waals surface area contributed by atoms with Crippen molar-refractivity contribution in [2.45, 2.75) is 6.54 Å². The van der Waals surface area contributed by atoms with Crippen LogP contribution in [0.2, 0.25) is 0 Å². The number of carbonyl (C=O) groups is 1. The van der Waals surface area contributed by atoms with Crippen molar-refractivity contribution in [3.63, 3.8) is 0 Å². The first-order chi connectivity index (χ1) is 15.5. The minimum absolute atomic E-state index is 0.00448. The topological polar surface area (TPSA) is 98.5 Å². The summed E-state index contributed by atoms with van der Waals surface area (Å²) in [6.07, 6.45) is 4.72. The van der Waals surface area contributed by atoms with E-state index in [1.54, 1.807) is 36.4 Å². The molecule has 0 unspecified atom stereocenters. The summed E-state index contributed by atoms with van der Waals surface area (Å²) in [7, 11) is 1.59. The van der Waals surface area contributed by atoms with Gasteiger partial charge in [-0.25, -0.2) is 4.98 Å². The van der Waals surface area contributed by atoms with E-state index in [1.807, 2.05) is 36.4 Å². The Kier molecular flexibility index (Phi) is 6.18. The lowest BCUT2D eigenvalue weighted by molar-refractivity contribution is -0.384. The number of nitro groups is 1. The van der Waals surface area contributed by atoms with E-state index in [0.717, 1.165) is 15.9 Å². The van der Waals surface area contributed by atoms with Crippen LogP contribution in [0, 0.1) is 10.1 Å². The lowest BCUT2D eigenvalue weighted by atomic mass is 10.2. The molecule has 2 aromatic heterocycles. The maximum atomic E-state index is 13.1. The summed E-state index contributed by atoms with van der Waals surface area (Å²) in [5, 5.41) is 11.4. The van der Waals surface area contributed by atoms with Crippen LogP contribution in [0.3, 0.4) is 0 Å². The number of anilines is 1. The third-order valence-electron chi connectivity index (χ3n) is 4.65. The van der Waals surface area contributed by atoms with E-state index in [4.69, 9.17) is 4.74 Å². The van der Waals surface area contributed by atoms with Crippen LogP contribution in [-0.4, -0.2) is 27.9 Å². The Bertz CT molecular complexity index is 1290. The van der Waals surface area contributed by atoms with Gasteiger partial charge in [0.05, 0.1) is 34.5 Å². The van der Waals surface area contributed by atoms with Crippen molar-refractivity contribution in [1.82, 2.24) is 9.97 Å². The number of benzene rings is 2. The highest BCUT2D eigenvalue weighted by molar-refractivity contribution is 7.22. The summed E-state index contributed by atoms with van der Waals surface area (Å²) >= 11 is 1.40. The molecule has 0 saturated carbocycles. The van der Waals surface area contributed by atoms with E-state index < -0.39 is 4.92 Å². The van der Waals surface area contributed by atoms with Crippen molar-refractivity contribution < 1.29 is 14.5 Å². The maximum absolute atomic E-state index is 13.1. The first-order valence-corrected chi connectivity index (χ1v) is 10.4.